The fraction of sp³-hybridized carbons (Fsp3) is 1.00. The summed E-state index contributed by atoms with van der Waals surface area (Å²) in [5.74, 6) is 1.46. The Morgan fingerprint density at radius 3 is 2.29 bits per heavy atom. The van der Waals surface area contributed by atoms with E-state index in [1.54, 1.807) is 0 Å². The highest BCUT2D eigenvalue weighted by atomic mass is 16.5. The Kier molecular flexibility index (Phi) is 5.46. The molecule has 1 saturated heterocycles. The molecule has 1 heterocycles. The molecular weight excluding hydrogens is 210 g/mol. The topological polar surface area (TPSA) is 21.3 Å². The zero-order valence-corrected chi connectivity index (χ0v) is 12.5. The molecule has 0 bridgehead atoms. The van der Waals surface area contributed by atoms with Gasteiger partial charge in [0.25, 0.3) is 0 Å². The summed E-state index contributed by atoms with van der Waals surface area (Å²) >= 11 is 0. The Labute approximate surface area is 108 Å². The van der Waals surface area contributed by atoms with Gasteiger partial charge < -0.3 is 10.1 Å². The third-order valence-electron chi connectivity index (χ3n) is 3.85. The van der Waals surface area contributed by atoms with E-state index >= 15 is 0 Å². The van der Waals surface area contributed by atoms with Crippen LogP contribution in [0.1, 0.15) is 60.8 Å². The van der Waals surface area contributed by atoms with Gasteiger partial charge in [0.05, 0.1) is 11.7 Å². The van der Waals surface area contributed by atoms with Crippen LogP contribution >= 0.6 is 0 Å². The Morgan fingerprint density at radius 2 is 1.88 bits per heavy atom. The average molecular weight is 241 g/mol. The molecule has 2 nitrogen and oxygen atoms in total. The lowest BCUT2D eigenvalue weighted by Gasteiger charge is -2.27. The lowest BCUT2D eigenvalue weighted by Crippen LogP contribution is -2.33. The molecule has 0 aromatic carbocycles. The van der Waals surface area contributed by atoms with Crippen molar-refractivity contribution in [3.63, 3.8) is 0 Å². The summed E-state index contributed by atoms with van der Waals surface area (Å²) in [7, 11) is 0. The van der Waals surface area contributed by atoms with Crippen molar-refractivity contribution in [3.05, 3.63) is 0 Å². The van der Waals surface area contributed by atoms with E-state index in [0.29, 0.717) is 12.1 Å². The van der Waals surface area contributed by atoms with Gasteiger partial charge in [0.1, 0.15) is 0 Å². The first-order valence-electron chi connectivity index (χ1n) is 7.21. The van der Waals surface area contributed by atoms with Crippen LogP contribution in [0.2, 0.25) is 0 Å². The third-order valence-corrected chi connectivity index (χ3v) is 3.85. The van der Waals surface area contributed by atoms with Crippen molar-refractivity contribution >= 4 is 0 Å². The van der Waals surface area contributed by atoms with Crippen molar-refractivity contribution in [1.29, 1.82) is 0 Å². The Morgan fingerprint density at radius 1 is 1.24 bits per heavy atom. The van der Waals surface area contributed by atoms with Gasteiger partial charge in [-0.05, 0) is 51.5 Å². The monoisotopic (exact) mass is 241 g/mol. The second-order valence-corrected chi connectivity index (χ2v) is 6.84. The zero-order valence-electron chi connectivity index (χ0n) is 12.5. The highest BCUT2D eigenvalue weighted by molar-refractivity contribution is 4.83. The van der Waals surface area contributed by atoms with Crippen molar-refractivity contribution in [2.24, 2.45) is 11.8 Å². The first-order chi connectivity index (χ1) is 7.80. The van der Waals surface area contributed by atoms with E-state index in [1.807, 2.05) is 0 Å². The number of ether oxygens (including phenoxy) is 1. The van der Waals surface area contributed by atoms with Crippen LogP contribution in [0.4, 0.5) is 0 Å². The average Bonchev–Trinajstić information content (AvgIpc) is 2.52. The van der Waals surface area contributed by atoms with E-state index in [2.05, 4.69) is 46.9 Å². The van der Waals surface area contributed by atoms with Crippen LogP contribution in [0.5, 0.6) is 0 Å². The van der Waals surface area contributed by atoms with Crippen molar-refractivity contribution in [2.45, 2.75) is 78.6 Å². The predicted molar refractivity (Wildman–Crippen MR) is 74.3 cm³/mol. The molecule has 17 heavy (non-hydrogen) atoms. The van der Waals surface area contributed by atoms with Crippen molar-refractivity contribution in [2.75, 3.05) is 6.54 Å². The quantitative estimate of drug-likeness (QED) is 0.767. The zero-order chi connectivity index (χ0) is 13.1. The van der Waals surface area contributed by atoms with Gasteiger partial charge in [0.15, 0.2) is 0 Å². The standard InChI is InChI=1S/C15H31NO/c1-11(2)13(10-16-12(3)4)9-14-7-8-15(5,6)17-14/h11-14,16H,7-10H2,1-6H3. The van der Waals surface area contributed by atoms with Crippen molar-refractivity contribution < 1.29 is 4.74 Å². The van der Waals surface area contributed by atoms with Gasteiger partial charge >= 0.3 is 0 Å². The SMILES string of the molecule is CC(C)NCC(CC1CCC(C)(C)O1)C(C)C. The fourth-order valence-corrected chi connectivity index (χ4v) is 2.56. The molecular formula is C15H31NO. The van der Waals surface area contributed by atoms with E-state index in [9.17, 15) is 0 Å². The number of rotatable bonds is 6. The molecule has 1 rings (SSSR count). The van der Waals surface area contributed by atoms with Gasteiger partial charge in [-0.2, -0.15) is 0 Å². The Hall–Kier alpha value is -0.0800. The third kappa shape index (κ3) is 5.39. The molecule has 0 amide bonds. The van der Waals surface area contributed by atoms with E-state index in [0.717, 1.165) is 18.4 Å². The summed E-state index contributed by atoms with van der Waals surface area (Å²) in [6, 6.07) is 0.581. The van der Waals surface area contributed by atoms with Gasteiger partial charge in [0.2, 0.25) is 0 Å². The highest BCUT2D eigenvalue weighted by Gasteiger charge is 2.33. The maximum atomic E-state index is 6.11. The molecule has 2 heteroatoms. The van der Waals surface area contributed by atoms with Gasteiger partial charge in [-0.25, -0.2) is 0 Å². The van der Waals surface area contributed by atoms with Crippen molar-refractivity contribution in [3.8, 4) is 0 Å². The normalized spacial score (nSPS) is 25.8. The summed E-state index contributed by atoms with van der Waals surface area (Å²) in [6.45, 7) is 14.6. The first-order valence-corrected chi connectivity index (χ1v) is 7.21. The summed E-state index contributed by atoms with van der Waals surface area (Å²) in [4.78, 5) is 0. The molecule has 102 valence electrons. The van der Waals surface area contributed by atoms with Crippen LogP contribution in [0, 0.1) is 11.8 Å². The molecule has 2 atom stereocenters. The van der Waals surface area contributed by atoms with E-state index in [4.69, 9.17) is 4.74 Å². The minimum atomic E-state index is 0.109. The maximum Gasteiger partial charge on any atom is 0.0631 e. The molecule has 1 N–H and O–H groups in total. The largest absolute Gasteiger partial charge is 0.372 e. The highest BCUT2D eigenvalue weighted by Crippen LogP contribution is 2.33. The Balaban J connectivity index is 2.39. The molecule has 0 radical (unpaired) electrons. The van der Waals surface area contributed by atoms with E-state index < -0.39 is 0 Å². The minimum absolute atomic E-state index is 0.109. The van der Waals surface area contributed by atoms with Gasteiger partial charge in [0, 0.05) is 6.04 Å². The summed E-state index contributed by atoms with van der Waals surface area (Å²) < 4.78 is 6.11. The first kappa shape index (κ1) is 15.0. The van der Waals surface area contributed by atoms with Gasteiger partial charge in [-0.3, -0.25) is 0 Å². The smallest absolute Gasteiger partial charge is 0.0631 e. The summed E-state index contributed by atoms with van der Waals surface area (Å²) in [5, 5.41) is 3.57. The molecule has 1 aliphatic heterocycles. The molecule has 0 aromatic heterocycles. The van der Waals surface area contributed by atoms with Crippen LogP contribution in [-0.4, -0.2) is 24.3 Å². The second-order valence-electron chi connectivity index (χ2n) is 6.84. The fourth-order valence-electron chi connectivity index (χ4n) is 2.56. The van der Waals surface area contributed by atoms with Crippen LogP contribution in [0.15, 0.2) is 0 Å². The molecule has 0 aromatic rings. The summed E-state index contributed by atoms with van der Waals surface area (Å²) in [5.41, 5.74) is 0.109. The molecule has 1 fully saturated rings. The van der Waals surface area contributed by atoms with Crippen LogP contribution in [-0.2, 0) is 4.74 Å². The second kappa shape index (κ2) is 6.19. The molecule has 0 aliphatic carbocycles. The van der Waals surface area contributed by atoms with Gasteiger partial charge in [-0.1, -0.05) is 27.7 Å². The number of hydrogen-bond acceptors (Lipinski definition) is 2. The van der Waals surface area contributed by atoms with Crippen LogP contribution in [0.25, 0.3) is 0 Å². The molecule has 2 unspecified atom stereocenters. The number of nitrogens with one attached hydrogen (secondary N) is 1. The summed E-state index contributed by atoms with van der Waals surface area (Å²) in [6.07, 6.45) is 4.13. The molecule has 0 saturated carbocycles. The van der Waals surface area contributed by atoms with Crippen LogP contribution < -0.4 is 5.32 Å². The predicted octanol–water partition coefficient (Wildman–Crippen LogP) is 3.60. The lowest BCUT2D eigenvalue weighted by atomic mass is 9.89. The lowest BCUT2D eigenvalue weighted by molar-refractivity contribution is -0.0271. The molecule has 0 spiro atoms. The maximum absolute atomic E-state index is 6.11. The van der Waals surface area contributed by atoms with E-state index in [-0.39, 0.29) is 5.60 Å². The Bertz CT molecular complexity index is 223. The minimum Gasteiger partial charge on any atom is -0.372 e. The number of hydrogen-bond donors (Lipinski definition) is 1. The molecule has 1 aliphatic rings. The van der Waals surface area contributed by atoms with Crippen LogP contribution in [0.3, 0.4) is 0 Å². The van der Waals surface area contributed by atoms with Crippen molar-refractivity contribution in [1.82, 2.24) is 5.32 Å². The van der Waals surface area contributed by atoms with E-state index in [1.165, 1.54) is 19.3 Å². The van der Waals surface area contributed by atoms with Gasteiger partial charge in [-0.15, -0.1) is 0 Å².